The van der Waals surface area contributed by atoms with Crippen molar-refractivity contribution in [1.82, 2.24) is 9.80 Å². The van der Waals surface area contributed by atoms with Crippen LogP contribution in [0.4, 0.5) is 0 Å². The summed E-state index contributed by atoms with van der Waals surface area (Å²) >= 11 is 0. The fraction of sp³-hybridized carbons (Fsp3) is 0.632. The van der Waals surface area contributed by atoms with Gasteiger partial charge in [0.2, 0.25) is 5.91 Å². The minimum atomic E-state index is -2.87. The van der Waals surface area contributed by atoms with Crippen molar-refractivity contribution in [3.05, 3.63) is 35.9 Å². The first-order valence-electron chi connectivity index (χ1n) is 9.18. The maximum Gasteiger partial charge on any atom is 0.223 e. The number of hydrogen-bond donors (Lipinski definition) is 0. The lowest BCUT2D eigenvalue weighted by molar-refractivity contribution is -0.132. The van der Waals surface area contributed by atoms with Crippen LogP contribution in [0.1, 0.15) is 37.2 Å². The molecule has 0 aliphatic carbocycles. The topological polar surface area (TPSA) is 57.7 Å². The van der Waals surface area contributed by atoms with Crippen LogP contribution in [0.15, 0.2) is 30.3 Å². The number of benzene rings is 1. The molecule has 1 amide bonds. The van der Waals surface area contributed by atoms with E-state index in [0.717, 1.165) is 25.9 Å². The number of nitrogens with zero attached hydrogens (tertiary/aromatic N) is 2. The zero-order valence-electron chi connectivity index (χ0n) is 14.9. The van der Waals surface area contributed by atoms with Crippen LogP contribution in [0.3, 0.4) is 0 Å². The predicted octanol–water partition coefficient (Wildman–Crippen LogP) is 1.90. The summed E-state index contributed by atoms with van der Waals surface area (Å²) in [6.45, 7) is 2.28. The van der Waals surface area contributed by atoms with Crippen molar-refractivity contribution in [2.75, 3.05) is 38.2 Å². The molecule has 0 aromatic heterocycles. The monoisotopic (exact) mass is 364 g/mol. The van der Waals surface area contributed by atoms with Crippen LogP contribution < -0.4 is 0 Å². The second-order valence-electron chi connectivity index (χ2n) is 7.35. The molecule has 2 fully saturated rings. The average molecular weight is 365 g/mol. The third kappa shape index (κ3) is 4.82. The molecule has 2 heterocycles. The smallest absolute Gasteiger partial charge is 0.223 e. The number of carbonyl (C=O) groups is 1. The second-order valence-corrected chi connectivity index (χ2v) is 9.58. The Morgan fingerprint density at radius 2 is 1.84 bits per heavy atom. The van der Waals surface area contributed by atoms with E-state index in [4.69, 9.17) is 0 Å². The van der Waals surface area contributed by atoms with Gasteiger partial charge >= 0.3 is 0 Å². The van der Waals surface area contributed by atoms with Crippen LogP contribution in [0.2, 0.25) is 0 Å². The quantitative estimate of drug-likeness (QED) is 0.801. The summed E-state index contributed by atoms with van der Waals surface area (Å²) in [5.41, 5.74) is 1.37. The van der Waals surface area contributed by atoms with E-state index in [-0.39, 0.29) is 23.5 Å². The standard InChI is InChI=1S/C19H28N2O3S/c1-20(18-10-14-25(23,24)15-18)11-9-19(22)21-12-7-17(8-13-21)16-5-3-2-4-6-16/h2-6,17-18H,7-15H2,1H3/t18-/m1/s1. The van der Waals surface area contributed by atoms with Crippen molar-refractivity contribution in [2.24, 2.45) is 0 Å². The van der Waals surface area contributed by atoms with Gasteiger partial charge in [0, 0.05) is 32.1 Å². The molecule has 25 heavy (non-hydrogen) atoms. The highest BCUT2D eigenvalue weighted by molar-refractivity contribution is 7.91. The molecule has 2 aliphatic heterocycles. The van der Waals surface area contributed by atoms with Gasteiger partial charge in [-0.15, -0.1) is 0 Å². The highest BCUT2D eigenvalue weighted by Crippen LogP contribution is 2.28. The first-order chi connectivity index (χ1) is 11.9. The van der Waals surface area contributed by atoms with Gasteiger partial charge in [-0.3, -0.25) is 4.79 Å². The zero-order chi connectivity index (χ0) is 17.9. The molecule has 138 valence electrons. The van der Waals surface area contributed by atoms with Crippen molar-refractivity contribution in [2.45, 2.75) is 37.6 Å². The normalized spacial score (nSPS) is 23.9. The van der Waals surface area contributed by atoms with Crippen molar-refractivity contribution >= 4 is 15.7 Å². The molecular formula is C19H28N2O3S. The van der Waals surface area contributed by atoms with Crippen molar-refractivity contribution in [1.29, 1.82) is 0 Å². The van der Waals surface area contributed by atoms with E-state index in [2.05, 4.69) is 24.3 Å². The van der Waals surface area contributed by atoms with Crippen LogP contribution in [-0.2, 0) is 14.6 Å². The number of piperidine rings is 1. The molecule has 0 unspecified atom stereocenters. The Morgan fingerprint density at radius 3 is 2.44 bits per heavy atom. The lowest BCUT2D eigenvalue weighted by Crippen LogP contribution is -2.40. The zero-order valence-corrected chi connectivity index (χ0v) is 15.7. The Bertz CT molecular complexity index is 682. The number of rotatable bonds is 5. The van der Waals surface area contributed by atoms with Crippen LogP contribution in [-0.4, -0.2) is 68.4 Å². The summed E-state index contributed by atoms with van der Waals surface area (Å²) in [5.74, 6) is 1.26. The minimum absolute atomic E-state index is 0.0709. The molecule has 1 aromatic rings. The molecular weight excluding hydrogens is 336 g/mol. The van der Waals surface area contributed by atoms with Gasteiger partial charge in [0.05, 0.1) is 11.5 Å². The van der Waals surface area contributed by atoms with E-state index in [1.807, 2.05) is 22.9 Å². The Labute approximate surface area is 150 Å². The van der Waals surface area contributed by atoms with Crippen molar-refractivity contribution in [3.63, 3.8) is 0 Å². The van der Waals surface area contributed by atoms with Gasteiger partial charge < -0.3 is 9.80 Å². The van der Waals surface area contributed by atoms with E-state index in [9.17, 15) is 13.2 Å². The van der Waals surface area contributed by atoms with Crippen LogP contribution in [0.25, 0.3) is 0 Å². The van der Waals surface area contributed by atoms with Gasteiger partial charge in [0.15, 0.2) is 9.84 Å². The maximum atomic E-state index is 12.5. The van der Waals surface area contributed by atoms with Gasteiger partial charge in [0.25, 0.3) is 0 Å². The second kappa shape index (κ2) is 7.87. The summed E-state index contributed by atoms with van der Waals surface area (Å²) in [5, 5.41) is 0. The van der Waals surface area contributed by atoms with Gasteiger partial charge in [-0.2, -0.15) is 0 Å². The van der Waals surface area contributed by atoms with E-state index >= 15 is 0 Å². The summed E-state index contributed by atoms with van der Waals surface area (Å²) in [4.78, 5) is 16.5. The molecule has 5 nitrogen and oxygen atoms in total. The van der Waals surface area contributed by atoms with E-state index < -0.39 is 9.84 Å². The Hall–Kier alpha value is -1.40. The third-order valence-electron chi connectivity index (χ3n) is 5.63. The SMILES string of the molecule is CN(CCC(=O)N1CCC(c2ccccc2)CC1)[C@@H]1CCS(=O)(=O)C1. The molecule has 2 saturated heterocycles. The molecule has 0 N–H and O–H groups in total. The first kappa shape index (κ1) is 18.4. The summed E-state index contributed by atoms with van der Waals surface area (Å²) in [7, 11) is -0.938. The molecule has 6 heteroatoms. The molecule has 1 atom stereocenters. The number of likely N-dealkylation sites (tertiary alicyclic amines) is 1. The van der Waals surface area contributed by atoms with E-state index in [1.54, 1.807) is 0 Å². The molecule has 1 aromatic carbocycles. The molecule has 0 bridgehead atoms. The van der Waals surface area contributed by atoms with Gasteiger partial charge in [-0.1, -0.05) is 30.3 Å². The maximum absolute atomic E-state index is 12.5. The fourth-order valence-electron chi connectivity index (χ4n) is 3.92. The van der Waals surface area contributed by atoms with E-state index in [1.165, 1.54) is 5.56 Å². The van der Waals surface area contributed by atoms with Crippen molar-refractivity contribution in [3.8, 4) is 0 Å². The Balaban J connectivity index is 1.42. The number of amides is 1. The highest BCUT2D eigenvalue weighted by atomic mass is 32.2. The largest absolute Gasteiger partial charge is 0.343 e. The molecule has 0 spiro atoms. The van der Waals surface area contributed by atoms with Crippen LogP contribution in [0, 0.1) is 0 Å². The van der Waals surface area contributed by atoms with Crippen LogP contribution >= 0.6 is 0 Å². The van der Waals surface area contributed by atoms with Gasteiger partial charge in [0.1, 0.15) is 0 Å². The Morgan fingerprint density at radius 1 is 1.16 bits per heavy atom. The number of carbonyl (C=O) groups excluding carboxylic acids is 1. The molecule has 0 saturated carbocycles. The lowest BCUT2D eigenvalue weighted by atomic mass is 9.89. The van der Waals surface area contributed by atoms with Gasteiger partial charge in [-0.05, 0) is 37.8 Å². The molecule has 0 radical (unpaired) electrons. The molecule has 2 aliphatic rings. The first-order valence-corrected chi connectivity index (χ1v) is 11.0. The highest BCUT2D eigenvalue weighted by Gasteiger charge is 2.31. The van der Waals surface area contributed by atoms with Gasteiger partial charge in [-0.25, -0.2) is 8.42 Å². The summed E-state index contributed by atoms with van der Waals surface area (Å²) < 4.78 is 23.2. The van der Waals surface area contributed by atoms with Crippen LogP contribution in [0.5, 0.6) is 0 Å². The predicted molar refractivity (Wildman–Crippen MR) is 99.3 cm³/mol. The third-order valence-corrected chi connectivity index (χ3v) is 7.38. The Kier molecular flexibility index (Phi) is 5.79. The number of sulfone groups is 1. The molecule has 3 rings (SSSR count). The summed E-state index contributed by atoms with van der Waals surface area (Å²) in [6.07, 6.45) is 3.21. The minimum Gasteiger partial charge on any atom is -0.343 e. The number of hydrogen-bond acceptors (Lipinski definition) is 4. The summed E-state index contributed by atoms with van der Waals surface area (Å²) in [6, 6.07) is 10.6. The fourth-order valence-corrected chi connectivity index (χ4v) is 5.73. The van der Waals surface area contributed by atoms with Crippen molar-refractivity contribution < 1.29 is 13.2 Å². The van der Waals surface area contributed by atoms with E-state index in [0.29, 0.717) is 25.3 Å². The lowest BCUT2D eigenvalue weighted by Gasteiger charge is -2.33. The average Bonchev–Trinajstić information content (AvgIpc) is 3.00.